The second-order valence-electron chi connectivity index (χ2n) is 8.55. The van der Waals surface area contributed by atoms with E-state index in [1.807, 2.05) is 32.9 Å². The van der Waals surface area contributed by atoms with Crippen molar-refractivity contribution in [3.63, 3.8) is 0 Å². The fourth-order valence-electron chi connectivity index (χ4n) is 3.74. The minimum atomic E-state index is -0.718. The molecule has 1 aromatic heterocycles. The van der Waals surface area contributed by atoms with E-state index in [-0.39, 0.29) is 6.10 Å². The molecule has 1 aromatic carbocycles. The quantitative estimate of drug-likeness (QED) is 0.523. The Morgan fingerprint density at radius 1 is 1.30 bits per heavy atom. The van der Waals surface area contributed by atoms with E-state index in [1.54, 1.807) is 11.8 Å². The first kappa shape index (κ1) is 22.9. The molecule has 0 saturated heterocycles. The summed E-state index contributed by atoms with van der Waals surface area (Å²) in [4.78, 5) is 16.2. The van der Waals surface area contributed by atoms with Crippen LogP contribution in [0, 0.1) is 19.8 Å². The number of hydrogen-bond acceptors (Lipinski definition) is 5. The van der Waals surface area contributed by atoms with Crippen molar-refractivity contribution in [2.75, 3.05) is 5.75 Å². The Bertz CT molecular complexity index is 847. The zero-order valence-electron chi connectivity index (χ0n) is 18.4. The van der Waals surface area contributed by atoms with E-state index in [2.05, 4.69) is 24.0 Å². The topological polar surface area (TPSA) is 72.6 Å². The molecule has 1 heterocycles. The van der Waals surface area contributed by atoms with E-state index in [0.717, 1.165) is 48.5 Å². The number of aromatic nitrogens is 1. The highest BCUT2D eigenvalue weighted by molar-refractivity contribution is 8.01. The van der Waals surface area contributed by atoms with Crippen LogP contribution in [-0.2, 0) is 16.1 Å². The predicted octanol–water partition coefficient (Wildman–Crippen LogP) is 6.02. The minimum Gasteiger partial charge on any atom is -0.480 e. The average Bonchev–Trinajstić information content (AvgIpc) is 3.11. The first-order valence-corrected chi connectivity index (χ1v) is 11.8. The number of carbonyl (C=O) groups is 1. The van der Waals surface area contributed by atoms with Crippen molar-refractivity contribution in [2.45, 2.75) is 77.3 Å². The van der Waals surface area contributed by atoms with Gasteiger partial charge >= 0.3 is 5.97 Å². The van der Waals surface area contributed by atoms with Gasteiger partial charge in [0.1, 0.15) is 16.2 Å². The van der Waals surface area contributed by atoms with Gasteiger partial charge in [0, 0.05) is 5.56 Å². The highest BCUT2D eigenvalue weighted by Gasteiger charge is 2.33. The molecule has 0 aliphatic heterocycles. The summed E-state index contributed by atoms with van der Waals surface area (Å²) in [5.41, 5.74) is 3.03. The van der Waals surface area contributed by atoms with Crippen molar-refractivity contribution in [2.24, 2.45) is 5.92 Å². The van der Waals surface area contributed by atoms with Gasteiger partial charge in [-0.1, -0.05) is 31.0 Å². The number of benzene rings is 1. The average molecular weight is 432 g/mol. The van der Waals surface area contributed by atoms with E-state index in [4.69, 9.17) is 9.15 Å². The van der Waals surface area contributed by atoms with Crippen LogP contribution in [0.1, 0.15) is 63.0 Å². The number of oxazole rings is 1. The number of hydrogen-bond donors (Lipinski definition) is 1. The molecule has 1 saturated carbocycles. The molecule has 0 radical (unpaired) electrons. The monoisotopic (exact) mass is 431 g/mol. The number of rotatable bonds is 9. The van der Waals surface area contributed by atoms with Gasteiger partial charge in [-0.05, 0) is 70.3 Å². The summed E-state index contributed by atoms with van der Waals surface area (Å²) in [5, 5.41) is 9.49. The smallest absolute Gasteiger partial charge is 0.319 e. The molecule has 164 valence electrons. The summed E-state index contributed by atoms with van der Waals surface area (Å²) in [5.74, 6) is 2.09. The minimum absolute atomic E-state index is 0.195. The molecule has 0 amide bonds. The predicted molar refractivity (Wildman–Crippen MR) is 121 cm³/mol. The molecule has 1 fully saturated rings. The molecule has 2 aromatic rings. The van der Waals surface area contributed by atoms with Gasteiger partial charge in [-0.15, -0.1) is 11.8 Å². The van der Waals surface area contributed by atoms with Gasteiger partial charge < -0.3 is 14.3 Å². The fraction of sp³-hybridized carbons (Fsp3) is 0.583. The summed E-state index contributed by atoms with van der Waals surface area (Å²) in [6.07, 6.45) is 5.13. The Balaban J connectivity index is 1.53. The molecule has 3 rings (SSSR count). The number of ether oxygens (including phenoxy) is 1. The summed E-state index contributed by atoms with van der Waals surface area (Å²) in [7, 11) is 0. The Morgan fingerprint density at radius 2 is 2.03 bits per heavy atom. The van der Waals surface area contributed by atoms with Crippen LogP contribution in [0.25, 0.3) is 11.5 Å². The molecule has 0 spiro atoms. The van der Waals surface area contributed by atoms with Crippen molar-refractivity contribution >= 4 is 17.7 Å². The lowest BCUT2D eigenvalue weighted by atomic mass is 9.88. The second kappa shape index (κ2) is 10.0. The Morgan fingerprint density at radius 3 is 2.70 bits per heavy atom. The first-order valence-electron chi connectivity index (χ1n) is 10.8. The molecule has 0 bridgehead atoms. The lowest BCUT2D eigenvalue weighted by Crippen LogP contribution is -2.33. The number of carboxylic acids is 1. The third-order valence-corrected chi connectivity index (χ3v) is 7.88. The van der Waals surface area contributed by atoms with E-state index < -0.39 is 10.7 Å². The number of aliphatic carboxylic acids is 1. The number of nitrogens with zero attached hydrogens (tertiary/aromatic N) is 1. The van der Waals surface area contributed by atoms with Gasteiger partial charge in [0.15, 0.2) is 0 Å². The molecular weight excluding hydrogens is 398 g/mol. The molecule has 1 N–H and O–H groups in total. The maximum absolute atomic E-state index is 11.5. The van der Waals surface area contributed by atoms with Crippen molar-refractivity contribution in [3.8, 4) is 11.5 Å². The van der Waals surface area contributed by atoms with Crippen LogP contribution in [0.15, 0.2) is 28.7 Å². The molecule has 6 heteroatoms. The third-order valence-electron chi connectivity index (χ3n) is 6.15. The van der Waals surface area contributed by atoms with Gasteiger partial charge in [0.2, 0.25) is 5.89 Å². The van der Waals surface area contributed by atoms with Crippen molar-refractivity contribution in [1.82, 2.24) is 4.98 Å². The van der Waals surface area contributed by atoms with Crippen molar-refractivity contribution < 1.29 is 19.1 Å². The standard InChI is InChI=1S/C24H33NO4S/c1-5-24(4,23(26)27)30-15-18-7-6-8-20(13-18)28-14-21-17(3)29-22(25-21)19-11-9-16(2)10-12-19/h9-12,18,20H,5-8,13-15H2,1-4H3,(H,26,27)/t18-,20+,24?/m0/s1. The molecule has 5 nitrogen and oxygen atoms in total. The van der Waals surface area contributed by atoms with E-state index in [0.29, 0.717) is 24.8 Å². The highest BCUT2D eigenvalue weighted by atomic mass is 32.2. The van der Waals surface area contributed by atoms with Crippen molar-refractivity contribution in [1.29, 1.82) is 0 Å². The fourth-order valence-corrected chi connectivity index (χ4v) is 4.97. The Hall–Kier alpha value is -1.79. The molecule has 1 aliphatic rings. The molecule has 1 aliphatic carbocycles. The zero-order chi connectivity index (χ0) is 21.7. The highest BCUT2D eigenvalue weighted by Crippen LogP contribution is 2.36. The second-order valence-corrected chi connectivity index (χ2v) is 10.1. The Kier molecular flexibility index (Phi) is 7.64. The van der Waals surface area contributed by atoms with Crippen LogP contribution in [0.4, 0.5) is 0 Å². The SMILES string of the molecule is CCC(C)(SC[C@H]1CCC[C@@H](OCc2nc(-c3ccc(C)cc3)oc2C)C1)C(=O)O. The van der Waals surface area contributed by atoms with Gasteiger partial charge in [0.25, 0.3) is 0 Å². The zero-order valence-corrected chi connectivity index (χ0v) is 19.3. The molecular formula is C24H33NO4S. The largest absolute Gasteiger partial charge is 0.480 e. The first-order chi connectivity index (χ1) is 14.3. The van der Waals surface area contributed by atoms with E-state index in [9.17, 15) is 9.90 Å². The van der Waals surface area contributed by atoms with Crippen LogP contribution in [0.3, 0.4) is 0 Å². The number of carboxylic acid groups (broad SMARTS) is 1. The van der Waals surface area contributed by atoms with Gasteiger partial charge in [-0.2, -0.15) is 0 Å². The summed E-state index contributed by atoms with van der Waals surface area (Å²) in [6, 6.07) is 8.16. The van der Waals surface area contributed by atoms with Crippen LogP contribution in [0.5, 0.6) is 0 Å². The van der Waals surface area contributed by atoms with E-state index in [1.165, 1.54) is 5.56 Å². The van der Waals surface area contributed by atoms with Crippen LogP contribution in [-0.4, -0.2) is 32.7 Å². The summed E-state index contributed by atoms with van der Waals surface area (Å²) in [6.45, 7) is 8.22. The summed E-state index contributed by atoms with van der Waals surface area (Å²) >= 11 is 1.58. The van der Waals surface area contributed by atoms with Crippen LogP contribution >= 0.6 is 11.8 Å². The van der Waals surface area contributed by atoms with E-state index >= 15 is 0 Å². The third kappa shape index (κ3) is 5.67. The Labute approximate surface area is 183 Å². The maximum atomic E-state index is 11.5. The van der Waals surface area contributed by atoms with Gasteiger partial charge in [-0.3, -0.25) is 4.79 Å². The van der Waals surface area contributed by atoms with Gasteiger partial charge in [0.05, 0.1) is 12.7 Å². The molecule has 1 unspecified atom stereocenters. The number of aryl methyl sites for hydroxylation is 2. The normalized spacial score (nSPS) is 21.3. The molecule has 3 atom stereocenters. The maximum Gasteiger partial charge on any atom is 0.319 e. The number of thioether (sulfide) groups is 1. The lowest BCUT2D eigenvalue weighted by Gasteiger charge is -2.31. The van der Waals surface area contributed by atoms with Crippen LogP contribution < -0.4 is 0 Å². The van der Waals surface area contributed by atoms with Crippen molar-refractivity contribution in [3.05, 3.63) is 41.3 Å². The molecule has 30 heavy (non-hydrogen) atoms. The van der Waals surface area contributed by atoms with Gasteiger partial charge in [-0.25, -0.2) is 4.98 Å². The summed E-state index contributed by atoms with van der Waals surface area (Å²) < 4.78 is 11.4. The van der Waals surface area contributed by atoms with Crippen LogP contribution in [0.2, 0.25) is 0 Å². The lowest BCUT2D eigenvalue weighted by molar-refractivity contribution is -0.139.